The van der Waals surface area contributed by atoms with Crippen molar-refractivity contribution in [2.45, 2.75) is 46.4 Å². The van der Waals surface area contributed by atoms with Crippen LogP contribution in [0.15, 0.2) is 4.52 Å². The molecule has 1 heterocycles. The van der Waals surface area contributed by atoms with E-state index in [1.54, 1.807) is 0 Å². The predicted molar refractivity (Wildman–Crippen MR) is 71.7 cm³/mol. The number of nitrogens with zero attached hydrogens (tertiary/aromatic N) is 2. The molecule has 1 rings (SSSR count). The van der Waals surface area contributed by atoms with Gasteiger partial charge in [-0.05, 0) is 17.1 Å². The summed E-state index contributed by atoms with van der Waals surface area (Å²) in [6.07, 6.45) is 0. The summed E-state index contributed by atoms with van der Waals surface area (Å²) in [5, 5.41) is 3.96. The average Bonchev–Trinajstić information content (AvgIpc) is 2.63. The van der Waals surface area contributed by atoms with Crippen molar-refractivity contribution in [3.8, 4) is 0 Å². The number of thioether (sulfide) groups is 1. The van der Waals surface area contributed by atoms with Gasteiger partial charge in [-0.3, -0.25) is 0 Å². The maximum Gasteiger partial charge on any atom is 0.244 e. The van der Waals surface area contributed by atoms with Crippen LogP contribution in [0.1, 0.15) is 52.4 Å². The Hall–Kier alpha value is -0.550. The molecule has 0 saturated heterocycles. The quantitative estimate of drug-likeness (QED) is 0.878. The van der Waals surface area contributed by atoms with E-state index in [1.165, 1.54) is 0 Å². The fraction of sp³-hybridized carbons (Fsp3) is 0.833. The molecule has 2 N–H and O–H groups in total. The van der Waals surface area contributed by atoms with E-state index in [2.05, 4.69) is 44.8 Å². The van der Waals surface area contributed by atoms with Gasteiger partial charge in [-0.15, -0.1) is 0 Å². The molecule has 0 unspecified atom stereocenters. The predicted octanol–water partition coefficient (Wildman–Crippen LogP) is 3.00. The SMILES string of the molecule is CC(C)CSCc1noc([C@H](N)C(C)(C)C)n1. The van der Waals surface area contributed by atoms with Gasteiger partial charge in [0.1, 0.15) is 0 Å². The zero-order chi connectivity index (χ0) is 13.1. The molecule has 1 aromatic heterocycles. The lowest BCUT2D eigenvalue weighted by molar-refractivity contribution is 0.252. The van der Waals surface area contributed by atoms with Crippen LogP contribution in [0.2, 0.25) is 0 Å². The van der Waals surface area contributed by atoms with Gasteiger partial charge < -0.3 is 10.3 Å². The molecule has 0 radical (unpaired) electrons. The van der Waals surface area contributed by atoms with Crippen LogP contribution >= 0.6 is 11.8 Å². The van der Waals surface area contributed by atoms with Gasteiger partial charge in [-0.2, -0.15) is 16.7 Å². The first-order valence-electron chi connectivity index (χ1n) is 5.96. The number of nitrogens with two attached hydrogens (primary N) is 1. The maximum atomic E-state index is 6.06. The number of rotatable bonds is 5. The Balaban J connectivity index is 2.54. The summed E-state index contributed by atoms with van der Waals surface area (Å²) in [5.74, 6) is 3.86. The van der Waals surface area contributed by atoms with Crippen molar-refractivity contribution in [1.29, 1.82) is 0 Å². The molecule has 0 aliphatic carbocycles. The van der Waals surface area contributed by atoms with Gasteiger partial charge in [0.05, 0.1) is 11.8 Å². The van der Waals surface area contributed by atoms with Crippen molar-refractivity contribution in [2.24, 2.45) is 17.1 Å². The molecular formula is C12H23N3OS. The molecule has 0 saturated carbocycles. The van der Waals surface area contributed by atoms with E-state index in [4.69, 9.17) is 10.3 Å². The Morgan fingerprint density at radius 1 is 1.35 bits per heavy atom. The lowest BCUT2D eigenvalue weighted by Crippen LogP contribution is -2.26. The van der Waals surface area contributed by atoms with Crippen molar-refractivity contribution >= 4 is 11.8 Å². The molecule has 17 heavy (non-hydrogen) atoms. The minimum absolute atomic E-state index is 0.0606. The van der Waals surface area contributed by atoms with Crippen LogP contribution in [-0.2, 0) is 5.75 Å². The second kappa shape index (κ2) is 5.87. The van der Waals surface area contributed by atoms with Crippen LogP contribution in [0.4, 0.5) is 0 Å². The normalized spacial score (nSPS) is 14.3. The highest BCUT2D eigenvalue weighted by atomic mass is 32.2. The zero-order valence-electron chi connectivity index (χ0n) is 11.4. The third-order valence-corrected chi connectivity index (χ3v) is 3.73. The molecule has 1 atom stereocenters. The monoisotopic (exact) mass is 257 g/mol. The highest BCUT2D eigenvalue weighted by Crippen LogP contribution is 2.29. The van der Waals surface area contributed by atoms with Gasteiger partial charge >= 0.3 is 0 Å². The van der Waals surface area contributed by atoms with Gasteiger partial charge in [0, 0.05) is 0 Å². The summed E-state index contributed by atoms with van der Waals surface area (Å²) >= 11 is 1.82. The lowest BCUT2D eigenvalue weighted by atomic mass is 9.87. The summed E-state index contributed by atoms with van der Waals surface area (Å²) in [5.41, 5.74) is 6.00. The fourth-order valence-corrected chi connectivity index (χ4v) is 2.10. The van der Waals surface area contributed by atoms with E-state index in [-0.39, 0.29) is 11.5 Å². The highest BCUT2D eigenvalue weighted by molar-refractivity contribution is 7.98. The van der Waals surface area contributed by atoms with Crippen LogP contribution in [0, 0.1) is 11.3 Å². The molecule has 98 valence electrons. The van der Waals surface area contributed by atoms with E-state index in [0.29, 0.717) is 11.8 Å². The second-order valence-electron chi connectivity index (χ2n) is 5.80. The Morgan fingerprint density at radius 2 is 2.00 bits per heavy atom. The van der Waals surface area contributed by atoms with Crippen molar-refractivity contribution in [3.63, 3.8) is 0 Å². The first-order chi connectivity index (χ1) is 7.80. The molecule has 0 bridgehead atoms. The van der Waals surface area contributed by atoms with E-state index < -0.39 is 0 Å². The van der Waals surface area contributed by atoms with Gasteiger partial charge in [0.15, 0.2) is 5.82 Å². The highest BCUT2D eigenvalue weighted by Gasteiger charge is 2.27. The van der Waals surface area contributed by atoms with E-state index in [1.807, 2.05) is 11.8 Å². The summed E-state index contributed by atoms with van der Waals surface area (Å²) in [6.45, 7) is 10.6. The van der Waals surface area contributed by atoms with Crippen molar-refractivity contribution < 1.29 is 4.52 Å². The third-order valence-electron chi connectivity index (χ3n) is 2.37. The molecule has 4 nitrogen and oxygen atoms in total. The minimum Gasteiger partial charge on any atom is -0.338 e. The summed E-state index contributed by atoms with van der Waals surface area (Å²) in [7, 11) is 0. The molecule has 0 fully saturated rings. The van der Waals surface area contributed by atoms with Crippen molar-refractivity contribution in [2.75, 3.05) is 5.75 Å². The smallest absolute Gasteiger partial charge is 0.244 e. The van der Waals surface area contributed by atoms with Crippen molar-refractivity contribution in [3.05, 3.63) is 11.7 Å². The summed E-state index contributed by atoms with van der Waals surface area (Å²) < 4.78 is 5.21. The standard InChI is InChI=1S/C12H23N3OS/c1-8(2)6-17-7-9-14-11(16-15-9)10(13)12(3,4)5/h8,10H,6-7,13H2,1-5H3/t10-/m0/s1. The van der Waals surface area contributed by atoms with Crippen molar-refractivity contribution in [1.82, 2.24) is 10.1 Å². The van der Waals surface area contributed by atoms with Gasteiger partial charge in [-0.1, -0.05) is 39.8 Å². The molecule has 0 spiro atoms. The van der Waals surface area contributed by atoms with Gasteiger partial charge in [-0.25, -0.2) is 0 Å². The zero-order valence-corrected chi connectivity index (χ0v) is 12.2. The van der Waals surface area contributed by atoms with Crippen LogP contribution in [0.5, 0.6) is 0 Å². The molecule has 5 heteroatoms. The van der Waals surface area contributed by atoms with E-state index in [0.717, 1.165) is 17.3 Å². The Kier molecular flexibility index (Phi) is 5.01. The average molecular weight is 257 g/mol. The molecule has 0 amide bonds. The maximum absolute atomic E-state index is 6.06. The lowest BCUT2D eigenvalue weighted by Gasteiger charge is -2.23. The number of hydrogen-bond acceptors (Lipinski definition) is 5. The molecule has 0 aromatic carbocycles. The molecule has 1 aromatic rings. The Labute approximate surface area is 108 Å². The van der Waals surface area contributed by atoms with Crippen LogP contribution in [-0.4, -0.2) is 15.9 Å². The summed E-state index contributed by atoms with van der Waals surface area (Å²) in [6, 6.07) is -0.209. The molecule has 0 aliphatic rings. The van der Waals surface area contributed by atoms with E-state index in [9.17, 15) is 0 Å². The van der Waals surface area contributed by atoms with Gasteiger partial charge in [0.2, 0.25) is 5.89 Å². The first kappa shape index (κ1) is 14.5. The molecular weight excluding hydrogens is 234 g/mol. The summed E-state index contributed by atoms with van der Waals surface area (Å²) in [4.78, 5) is 4.35. The topological polar surface area (TPSA) is 64.9 Å². The fourth-order valence-electron chi connectivity index (χ4n) is 1.21. The first-order valence-corrected chi connectivity index (χ1v) is 7.12. The second-order valence-corrected chi connectivity index (χ2v) is 6.83. The van der Waals surface area contributed by atoms with E-state index >= 15 is 0 Å². The third kappa shape index (κ3) is 4.68. The molecule has 0 aliphatic heterocycles. The van der Waals surface area contributed by atoms with Gasteiger partial charge in [0.25, 0.3) is 0 Å². The number of hydrogen-bond donors (Lipinski definition) is 1. The van der Waals surface area contributed by atoms with Crippen LogP contribution in [0.25, 0.3) is 0 Å². The van der Waals surface area contributed by atoms with Crippen LogP contribution in [0.3, 0.4) is 0 Å². The minimum atomic E-state index is -0.209. The Bertz CT molecular complexity index is 344. The largest absolute Gasteiger partial charge is 0.338 e. The number of aromatic nitrogens is 2. The van der Waals surface area contributed by atoms with Crippen LogP contribution < -0.4 is 5.73 Å². The Morgan fingerprint density at radius 3 is 2.53 bits per heavy atom.